The number of nitrogens with zero attached hydrogens (tertiary/aromatic N) is 3. The molecule has 0 aliphatic carbocycles. The second-order valence-electron chi connectivity index (χ2n) is 9.35. The topological polar surface area (TPSA) is 59.8 Å². The molecule has 0 unspecified atom stereocenters. The number of hydrogen-bond donors (Lipinski definition) is 1. The fourth-order valence-electron chi connectivity index (χ4n) is 3.97. The third-order valence-electron chi connectivity index (χ3n) is 5.57. The predicted octanol–water partition coefficient (Wildman–Crippen LogP) is 6.26. The van der Waals surface area contributed by atoms with Crippen molar-refractivity contribution < 1.29 is 14.6 Å². The van der Waals surface area contributed by atoms with Gasteiger partial charge in [-0.3, -0.25) is 4.90 Å². The van der Waals surface area contributed by atoms with Crippen LogP contribution in [0, 0.1) is 12.8 Å². The monoisotopic (exact) mass is 499 g/mol. The van der Waals surface area contributed by atoms with Crippen LogP contribution in [0.2, 0.25) is 5.02 Å². The Labute approximate surface area is 214 Å². The molecule has 35 heavy (non-hydrogen) atoms. The van der Waals surface area contributed by atoms with Crippen molar-refractivity contribution >= 4 is 11.6 Å². The van der Waals surface area contributed by atoms with Crippen LogP contribution in [0.15, 0.2) is 54.6 Å². The second kappa shape index (κ2) is 13.6. The maximum atomic E-state index is 10.7. The quantitative estimate of drug-likeness (QED) is 0.265. The normalized spacial score (nSPS) is 12.5. The van der Waals surface area contributed by atoms with Crippen LogP contribution >= 0.6 is 11.6 Å². The largest absolute Gasteiger partial charge is 0.439 e. The number of aryl methyl sites for hydroxylation is 1. The van der Waals surface area contributed by atoms with E-state index in [0.717, 1.165) is 42.1 Å². The lowest BCUT2D eigenvalue weighted by Gasteiger charge is -2.27. The molecule has 0 saturated heterocycles. The molecule has 1 N–H and O–H groups in total. The van der Waals surface area contributed by atoms with Crippen LogP contribution in [0.25, 0.3) is 5.69 Å². The lowest BCUT2D eigenvalue weighted by molar-refractivity contribution is 0.0123. The molecule has 0 aliphatic heterocycles. The zero-order valence-corrected chi connectivity index (χ0v) is 22.0. The summed E-state index contributed by atoms with van der Waals surface area (Å²) in [4.78, 5) is 2.25. The Kier molecular flexibility index (Phi) is 10.6. The van der Waals surface area contributed by atoms with E-state index in [1.165, 1.54) is 0 Å². The molecule has 2 aromatic carbocycles. The fraction of sp³-hybridized carbons (Fsp3) is 0.464. The fourth-order valence-corrected chi connectivity index (χ4v) is 4.15. The Morgan fingerprint density at radius 1 is 1.09 bits per heavy atom. The number of aromatic nitrogens is 2. The highest BCUT2D eigenvalue weighted by atomic mass is 35.5. The van der Waals surface area contributed by atoms with Crippen molar-refractivity contribution in [3.8, 4) is 17.3 Å². The van der Waals surface area contributed by atoms with E-state index in [2.05, 4.69) is 25.7 Å². The smallest absolute Gasteiger partial charge is 0.227 e. The third-order valence-corrected chi connectivity index (χ3v) is 5.81. The van der Waals surface area contributed by atoms with Gasteiger partial charge in [-0.2, -0.15) is 5.10 Å². The molecule has 1 aromatic heterocycles. The zero-order valence-electron chi connectivity index (χ0n) is 21.3. The van der Waals surface area contributed by atoms with Gasteiger partial charge in [-0.05, 0) is 49.6 Å². The minimum Gasteiger partial charge on any atom is -0.439 e. The van der Waals surface area contributed by atoms with Crippen LogP contribution in [0.1, 0.15) is 44.9 Å². The molecule has 6 nitrogen and oxygen atoms in total. The number of ether oxygens (including phenoxy) is 2. The molecule has 3 rings (SSSR count). The molecule has 0 spiro atoms. The molecule has 7 heteroatoms. The highest BCUT2D eigenvalue weighted by Gasteiger charge is 2.23. The molecule has 3 aromatic rings. The van der Waals surface area contributed by atoms with Gasteiger partial charge in [-0.1, -0.05) is 63.1 Å². The molecule has 0 amide bonds. The molecule has 0 radical (unpaired) electrons. The Morgan fingerprint density at radius 2 is 1.86 bits per heavy atom. The third kappa shape index (κ3) is 8.36. The number of benzene rings is 2. The summed E-state index contributed by atoms with van der Waals surface area (Å²) in [5.74, 6) is 1.82. The van der Waals surface area contributed by atoms with E-state index in [1.54, 1.807) is 4.68 Å². The van der Waals surface area contributed by atoms with Gasteiger partial charge < -0.3 is 14.6 Å². The minimum absolute atomic E-state index is 0.336. The van der Waals surface area contributed by atoms with Gasteiger partial charge in [0.15, 0.2) is 0 Å². The van der Waals surface area contributed by atoms with Gasteiger partial charge in [0, 0.05) is 31.3 Å². The number of hydrogen-bond acceptors (Lipinski definition) is 5. The van der Waals surface area contributed by atoms with E-state index in [4.69, 9.17) is 26.2 Å². The maximum Gasteiger partial charge on any atom is 0.227 e. The van der Waals surface area contributed by atoms with Crippen LogP contribution in [0.3, 0.4) is 0 Å². The van der Waals surface area contributed by atoms with E-state index in [1.807, 2.05) is 61.5 Å². The first-order valence-electron chi connectivity index (χ1n) is 12.4. The van der Waals surface area contributed by atoms with Gasteiger partial charge in [0.05, 0.1) is 29.7 Å². The van der Waals surface area contributed by atoms with Crippen molar-refractivity contribution in [3.63, 3.8) is 0 Å². The first-order valence-corrected chi connectivity index (χ1v) is 12.8. The van der Waals surface area contributed by atoms with Gasteiger partial charge in [-0.25, -0.2) is 4.68 Å². The van der Waals surface area contributed by atoms with Crippen molar-refractivity contribution in [2.45, 2.75) is 53.2 Å². The highest BCUT2D eigenvalue weighted by molar-refractivity contribution is 6.30. The molecular formula is C28H38ClN3O3. The standard InChI is InChI=1S/C28H38ClN3O3/c1-5-6-15-34-20-25(33)18-31(17-21(2)3)19-27-22(4)30-32(24-12-10-11-23(29)16-24)28(27)35-26-13-8-7-9-14-26/h7-14,16,21,25,33H,5-6,15,17-20H2,1-4H3/t25-/m1/s1. The number of rotatable bonds is 14. The number of aliphatic hydroxyl groups is 1. The second-order valence-corrected chi connectivity index (χ2v) is 9.78. The van der Waals surface area contributed by atoms with Crippen LogP contribution in [-0.4, -0.2) is 52.2 Å². The van der Waals surface area contributed by atoms with E-state index in [0.29, 0.717) is 43.1 Å². The molecule has 190 valence electrons. The maximum absolute atomic E-state index is 10.7. The van der Waals surface area contributed by atoms with Crippen LogP contribution in [0.4, 0.5) is 0 Å². The summed E-state index contributed by atoms with van der Waals surface area (Å²) in [7, 11) is 0. The Bertz CT molecular complexity index is 1040. The summed E-state index contributed by atoms with van der Waals surface area (Å²) in [6, 6.07) is 17.3. The summed E-state index contributed by atoms with van der Waals surface area (Å²) < 4.78 is 13.9. The number of aliphatic hydroxyl groups excluding tert-OH is 1. The molecule has 0 fully saturated rings. The summed E-state index contributed by atoms with van der Waals surface area (Å²) in [5, 5.41) is 16.1. The SMILES string of the molecule is CCCCOC[C@H](O)CN(Cc1c(C)nn(-c2cccc(Cl)c2)c1Oc1ccccc1)CC(C)C. The van der Waals surface area contributed by atoms with E-state index in [-0.39, 0.29) is 0 Å². The van der Waals surface area contributed by atoms with Crippen LogP contribution < -0.4 is 4.74 Å². The summed E-state index contributed by atoms with van der Waals surface area (Å²) in [5.41, 5.74) is 2.68. The van der Waals surface area contributed by atoms with Crippen molar-refractivity contribution in [3.05, 3.63) is 70.9 Å². The lowest BCUT2D eigenvalue weighted by atomic mass is 10.1. The summed E-state index contributed by atoms with van der Waals surface area (Å²) in [6.07, 6.45) is 1.52. The average molecular weight is 500 g/mol. The molecular weight excluding hydrogens is 462 g/mol. The van der Waals surface area contributed by atoms with Crippen molar-refractivity contribution in [1.82, 2.24) is 14.7 Å². The molecule has 0 bridgehead atoms. The predicted molar refractivity (Wildman–Crippen MR) is 142 cm³/mol. The van der Waals surface area contributed by atoms with Gasteiger partial charge >= 0.3 is 0 Å². The Balaban J connectivity index is 1.90. The summed E-state index contributed by atoms with van der Waals surface area (Å²) >= 11 is 6.28. The number of halogens is 1. The van der Waals surface area contributed by atoms with Crippen molar-refractivity contribution in [1.29, 1.82) is 0 Å². The van der Waals surface area contributed by atoms with Gasteiger partial charge in [0.1, 0.15) is 5.75 Å². The highest BCUT2D eigenvalue weighted by Crippen LogP contribution is 2.32. The summed E-state index contributed by atoms with van der Waals surface area (Å²) in [6.45, 7) is 11.4. The van der Waals surface area contributed by atoms with E-state index >= 15 is 0 Å². The molecule has 0 aliphatic rings. The van der Waals surface area contributed by atoms with Crippen molar-refractivity contribution in [2.24, 2.45) is 5.92 Å². The van der Waals surface area contributed by atoms with Gasteiger partial charge in [0.25, 0.3) is 0 Å². The number of unbranched alkanes of at least 4 members (excludes halogenated alkanes) is 1. The average Bonchev–Trinajstić information content (AvgIpc) is 3.12. The van der Waals surface area contributed by atoms with Crippen LogP contribution in [0.5, 0.6) is 11.6 Å². The minimum atomic E-state index is -0.563. The first kappa shape index (κ1) is 27.2. The van der Waals surface area contributed by atoms with E-state index < -0.39 is 6.10 Å². The molecule has 1 atom stereocenters. The Morgan fingerprint density at radius 3 is 2.54 bits per heavy atom. The molecule has 1 heterocycles. The Hall–Kier alpha value is -2.38. The number of para-hydroxylation sites is 1. The first-order chi connectivity index (χ1) is 16.9. The lowest BCUT2D eigenvalue weighted by Crippen LogP contribution is -2.37. The van der Waals surface area contributed by atoms with Crippen LogP contribution in [-0.2, 0) is 11.3 Å². The van der Waals surface area contributed by atoms with E-state index in [9.17, 15) is 5.11 Å². The zero-order chi connectivity index (χ0) is 25.2. The van der Waals surface area contributed by atoms with Gasteiger partial charge in [0.2, 0.25) is 5.88 Å². The molecule has 0 saturated carbocycles. The van der Waals surface area contributed by atoms with Gasteiger partial charge in [-0.15, -0.1) is 0 Å². The van der Waals surface area contributed by atoms with Crippen molar-refractivity contribution in [2.75, 3.05) is 26.3 Å².